The van der Waals surface area contributed by atoms with E-state index in [2.05, 4.69) is 4.98 Å². The Bertz CT molecular complexity index is 883. The molecular formula is C19H21ClN2O3S. The first-order valence-corrected chi connectivity index (χ1v) is 10.6. The van der Waals surface area contributed by atoms with Gasteiger partial charge < -0.3 is 5.11 Å². The van der Waals surface area contributed by atoms with Gasteiger partial charge in [0.25, 0.3) is 0 Å². The molecule has 1 aromatic carbocycles. The third-order valence-electron chi connectivity index (χ3n) is 5.41. The summed E-state index contributed by atoms with van der Waals surface area (Å²) in [6.07, 6.45) is 6.93. The lowest BCUT2D eigenvalue weighted by Gasteiger charge is -2.43. The van der Waals surface area contributed by atoms with Gasteiger partial charge in [-0.15, -0.1) is 0 Å². The fourth-order valence-electron chi connectivity index (χ4n) is 3.89. The van der Waals surface area contributed by atoms with E-state index >= 15 is 0 Å². The normalized spacial score (nSPS) is 25.8. The molecule has 2 atom stereocenters. The van der Waals surface area contributed by atoms with Crippen molar-refractivity contribution in [1.82, 2.24) is 9.29 Å². The molecule has 0 bridgehead atoms. The number of benzene rings is 1. The van der Waals surface area contributed by atoms with Crippen LogP contribution >= 0.6 is 11.6 Å². The lowest BCUT2D eigenvalue weighted by molar-refractivity contribution is 0.0267. The van der Waals surface area contributed by atoms with E-state index in [1.54, 1.807) is 24.5 Å². The second kappa shape index (κ2) is 6.60. The maximum atomic E-state index is 13.5. The van der Waals surface area contributed by atoms with Crippen LogP contribution in [0.4, 0.5) is 0 Å². The van der Waals surface area contributed by atoms with E-state index < -0.39 is 21.7 Å². The van der Waals surface area contributed by atoms with Crippen LogP contribution in [-0.4, -0.2) is 34.5 Å². The van der Waals surface area contributed by atoms with Crippen LogP contribution in [0.3, 0.4) is 0 Å². The molecule has 4 rings (SSSR count). The zero-order chi connectivity index (χ0) is 18.4. The number of sulfonamides is 1. The highest BCUT2D eigenvalue weighted by atomic mass is 35.5. The van der Waals surface area contributed by atoms with Crippen molar-refractivity contribution in [3.05, 3.63) is 59.4 Å². The third kappa shape index (κ3) is 3.16. The number of aliphatic hydroxyl groups is 1. The Balaban J connectivity index is 1.81. The maximum Gasteiger partial charge on any atom is 0.243 e. The molecule has 5 nitrogen and oxygen atoms in total. The molecule has 0 unspecified atom stereocenters. The smallest absolute Gasteiger partial charge is 0.243 e. The van der Waals surface area contributed by atoms with Gasteiger partial charge in [0, 0.05) is 17.4 Å². The van der Waals surface area contributed by atoms with Crippen LogP contribution in [0.5, 0.6) is 0 Å². The van der Waals surface area contributed by atoms with Crippen molar-refractivity contribution >= 4 is 21.6 Å². The van der Waals surface area contributed by atoms with Gasteiger partial charge in [-0.3, -0.25) is 4.98 Å². The van der Waals surface area contributed by atoms with E-state index in [-0.39, 0.29) is 10.9 Å². The summed E-state index contributed by atoms with van der Waals surface area (Å²) in [6.45, 7) is 0. The van der Waals surface area contributed by atoms with Crippen LogP contribution < -0.4 is 0 Å². The number of piperidine rings is 1. The highest BCUT2D eigenvalue weighted by molar-refractivity contribution is 7.89. The van der Waals surface area contributed by atoms with Gasteiger partial charge >= 0.3 is 0 Å². The number of rotatable bonds is 4. The van der Waals surface area contributed by atoms with Crippen molar-refractivity contribution in [2.45, 2.75) is 54.7 Å². The zero-order valence-corrected chi connectivity index (χ0v) is 15.8. The Hall–Kier alpha value is -1.47. The molecule has 1 N–H and O–H groups in total. The van der Waals surface area contributed by atoms with Crippen LogP contribution in [0.2, 0.25) is 5.02 Å². The summed E-state index contributed by atoms with van der Waals surface area (Å²) in [5.41, 5.74) is -0.0561. The second-order valence-corrected chi connectivity index (χ2v) is 9.42. The number of hydrogen-bond donors (Lipinski definition) is 1. The van der Waals surface area contributed by atoms with Gasteiger partial charge in [0.05, 0.1) is 22.6 Å². The Morgan fingerprint density at radius 3 is 2.50 bits per heavy atom. The van der Waals surface area contributed by atoms with Gasteiger partial charge in [-0.2, -0.15) is 4.31 Å². The summed E-state index contributed by atoms with van der Waals surface area (Å²) in [7, 11) is -3.78. The summed E-state index contributed by atoms with van der Waals surface area (Å²) >= 11 is 5.93. The van der Waals surface area contributed by atoms with Crippen LogP contribution in [0, 0.1) is 0 Å². The molecule has 1 aromatic heterocycles. The average Bonchev–Trinajstić information content (AvgIpc) is 3.41. The summed E-state index contributed by atoms with van der Waals surface area (Å²) in [5, 5.41) is 11.3. The Morgan fingerprint density at radius 1 is 1.15 bits per heavy atom. The minimum absolute atomic E-state index is 0.201. The molecule has 0 spiro atoms. The molecule has 2 fully saturated rings. The van der Waals surface area contributed by atoms with Crippen molar-refractivity contribution < 1.29 is 13.5 Å². The van der Waals surface area contributed by atoms with E-state index in [1.807, 2.05) is 12.1 Å². The largest absolute Gasteiger partial charge is 0.388 e. The van der Waals surface area contributed by atoms with Crippen LogP contribution in [0.15, 0.2) is 53.7 Å². The predicted molar refractivity (Wildman–Crippen MR) is 99.3 cm³/mol. The monoisotopic (exact) mass is 392 g/mol. The molecule has 1 aliphatic carbocycles. The number of hydrogen-bond acceptors (Lipinski definition) is 4. The molecule has 7 heteroatoms. The van der Waals surface area contributed by atoms with Gasteiger partial charge in [0.2, 0.25) is 10.0 Å². The van der Waals surface area contributed by atoms with Crippen molar-refractivity contribution in [3.63, 3.8) is 0 Å². The Morgan fingerprint density at radius 2 is 1.88 bits per heavy atom. The molecule has 0 amide bonds. The Labute approximate surface area is 158 Å². The highest BCUT2D eigenvalue weighted by Gasteiger charge is 2.55. The van der Waals surface area contributed by atoms with E-state index in [1.165, 1.54) is 16.4 Å². The maximum absolute atomic E-state index is 13.5. The van der Waals surface area contributed by atoms with Gasteiger partial charge in [0.15, 0.2) is 0 Å². The van der Waals surface area contributed by atoms with Gasteiger partial charge in [-0.1, -0.05) is 17.7 Å². The first-order valence-electron chi connectivity index (χ1n) is 8.83. The first-order chi connectivity index (χ1) is 12.4. The van der Waals surface area contributed by atoms with E-state index in [4.69, 9.17) is 11.6 Å². The van der Waals surface area contributed by atoms with E-state index in [0.717, 1.165) is 12.0 Å². The summed E-state index contributed by atoms with van der Waals surface area (Å²) in [6, 6.07) is 9.20. The number of pyridine rings is 1. The lowest BCUT2D eigenvalue weighted by Crippen LogP contribution is -2.52. The molecule has 138 valence electrons. The predicted octanol–water partition coefficient (Wildman–Crippen LogP) is 3.54. The summed E-state index contributed by atoms with van der Waals surface area (Å²) in [5.74, 6) is 0. The minimum Gasteiger partial charge on any atom is -0.388 e. The molecular weight excluding hydrogens is 372 g/mol. The standard InChI is InChI=1S/C19H21ClN2O3S/c20-15-6-8-16(9-7-15)26(24,25)22-17(14-3-2-12-21-13-14)4-1-5-18(22)19(23)10-11-19/h2-3,6-9,12-13,17-18,23H,1,4-5,10-11H2/t17-,18+/m0/s1. The first kappa shape index (κ1) is 17.9. The molecule has 2 aromatic rings. The topological polar surface area (TPSA) is 70.5 Å². The molecule has 2 heterocycles. The number of halogens is 1. The molecule has 1 saturated heterocycles. The molecule has 1 saturated carbocycles. The zero-order valence-electron chi connectivity index (χ0n) is 14.3. The summed E-state index contributed by atoms with van der Waals surface area (Å²) in [4.78, 5) is 4.36. The fourth-order valence-corrected chi connectivity index (χ4v) is 5.94. The van der Waals surface area contributed by atoms with Crippen molar-refractivity contribution in [2.75, 3.05) is 0 Å². The lowest BCUT2D eigenvalue weighted by atomic mass is 9.90. The third-order valence-corrected chi connectivity index (χ3v) is 7.59. The quantitative estimate of drug-likeness (QED) is 0.863. The molecule has 2 aliphatic rings. The van der Waals surface area contributed by atoms with Crippen molar-refractivity contribution in [2.24, 2.45) is 0 Å². The Kier molecular flexibility index (Phi) is 4.55. The average molecular weight is 393 g/mol. The van der Waals surface area contributed by atoms with Crippen molar-refractivity contribution in [1.29, 1.82) is 0 Å². The fraction of sp³-hybridized carbons (Fsp3) is 0.421. The number of nitrogens with zero attached hydrogens (tertiary/aromatic N) is 2. The van der Waals surface area contributed by atoms with Crippen LogP contribution in [0.25, 0.3) is 0 Å². The van der Waals surface area contributed by atoms with Gasteiger partial charge in [-0.05, 0) is 68.0 Å². The van der Waals surface area contributed by atoms with Crippen LogP contribution in [-0.2, 0) is 10.0 Å². The molecule has 0 radical (unpaired) electrons. The van der Waals surface area contributed by atoms with Crippen molar-refractivity contribution in [3.8, 4) is 0 Å². The van der Waals surface area contributed by atoms with E-state index in [0.29, 0.717) is 30.7 Å². The SMILES string of the molecule is O=S(=O)(c1ccc(Cl)cc1)N1[C@H](c2cccnc2)CCC[C@@H]1C1(O)CC1. The van der Waals surface area contributed by atoms with Gasteiger partial charge in [0.1, 0.15) is 0 Å². The van der Waals surface area contributed by atoms with Gasteiger partial charge in [-0.25, -0.2) is 8.42 Å². The molecule has 1 aliphatic heterocycles. The summed E-state index contributed by atoms with van der Waals surface area (Å²) < 4.78 is 28.6. The minimum atomic E-state index is -3.78. The number of aromatic nitrogens is 1. The van der Waals surface area contributed by atoms with Crippen LogP contribution in [0.1, 0.15) is 43.7 Å². The highest BCUT2D eigenvalue weighted by Crippen LogP contribution is 2.49. The second-order valence-electron chi connectivity index (χ2n) is 7.14. The molecule has 26 heavy (non-hydrogen) atoms. The van der Waals surface area contributed by atoms with E-state index in [9.17, 15) is 13.5 Å².